The molecule has 1 fully saturated rings. The fraction of sp³-hybridized carbons (Fsp3) is 1.00. The van der Waals surface area contributed by atoms with E-state index in [1.807, 2.05) is 0 Å². The summed E-state index contributed by atoms with van der Waals surface area (Å²) >= 11 is 3.30. The number of alkyl halides is 1. The zero-order valence-electron chi connectivity index (χ0n) is 2.51. The van der Waals surface area contributed by atoms with Gasteiger partial charge in [-0.05, 0) is 0 Å². The SMILES string of the molecule is CI1[I][I][I]1. The molecule has 1 aliphatic heterocycles. The van der Waals surface area contributed by atoms with E-state index in [1.165, 1.54) is 0 Å². The van der Waals surface area contributed by atoms with Crippen LogP contribution in [0.3, 0.4) is 0 Å². The Balaban J connectivity index is 2.08. The van der Waals surface area contributed by atoms with Gasteiger partial charge in [-0.3, -0.25) is 0 Å². The van der Waals surface area contributed by atoms with Crippen LogP contribution in [-0.4, -0.2) is 4.93 Å². The zero-order chi connectivity index (χ0) is 3.70. The van der Waals surface area contributed by atoms with Crippen molar-refractivity contribution in [3.05, 3.63) is 0 Å². The van der Waals surface area contributed by atoms with Gasteiger partial charge >= 0.3 is 56.6 Å². The minimum absolute atomic E-state index is 0.167. The van der Waals surface area contributed by atoms with Crippen molar-refractivity contribution >= 4 is 51.6 Å². The molecule has 0 aromatic heterocycles. The average molecular weight is 523 g/mol. The predicted octanol–water partition coefficient (Wildman–Crippen LogP) is 3.71. The van der Waals surface area contributed by atoms with Crippen LogP contribution in [0.25, 0.3) is 0 Å². The number of hydrogen-bond donors (Lipinski definition) is 0. The van der Waals surface area contributed by atoms with Gasteiger partial charge in [-0.15, -0.1) is 0 Å². The molecule has 0 N–H and O–H groups in total. The Labute approximate surface area is 54.5 Å². The molecule has 5 heavy (non-hydrogen) atoms. The molecule has 1 heterocycles. The van der Waals surface area contributed by atoms with Crippen molar-refractivity contribution in [3.8, 4) is 0 Å². The van der Waals surface area contributed by atoms with Crippen molar-refractivity contribution in [1.29, 1.82) is 0 Å². The van der Waals surface area contributed by atoms with Gasteiger partial charge in [0.2, 0.25) is 0 Å². The van der Waals surface area contributed by atoms with E-state index in [4.69, 9.17) is 0 Å². The van der Waals surface area contributed by atoms with Crippen LogP contribution in [0.4, 0.5) is 0 Å². The van der Waals surface area contributed by atoms with Crippen LogP contribution in [0.15, 0.2) is 0 Å². The van der Waals surface area contributed by atoms with Gasteiger partial charge in [-0.2, -0.15) is 0 Å². The summed E-state index contributed by atoms with van der Waals surface area (Å²) in [6, 6.07) is 0. The Bertz CT molecular complexity index is 30.6. The molecule has 35 valence electrons. The molecular formula is CH3I4. The molecule has 0 atom stereocenters. The summed E-state index contributed by atoms with van der Waals surface area (Å²) in [6.07, 6.45) is 0. The quantitative estimate of drug-likeness (QED) is 0.336. The van der Waals surface area contributed by atoms with Crippen LogP contribution >= 0.6 is 51.6 Å². The zero-order valence-corrected chi connectivity index (χ0v) is 11.1. The standard InChI is InChI=1S/CH3I4/c1-5-3-2-4-5/h1H3. The maximum absolute atomic E-state index is 2.59. The van der Waals surface area contributed by atoms with E-state index in [0.717, 1.165) is 39.8 Å². The van der Waals surface area contributed by atoms with Crippen LogP contribution in [0.5, 0.6) is 0 Å². The van der Waals surface area contributed by atoms with E-state index in [9.17, 15) is 0 Å². The Hall–Kier alpha value is 2.92. The fourth-order valence-corrected chi connectivity index (χ4v) is 124. The van der Waals surface area contributed by atoms with Crippen molar-refractivity contribution < 1.29 is 0 Å². The molecule has 0 aromatic rings. The van der Waals surface area contributed by atoms with Crippen molar-refractivity contribution in [3.63, 3.8) is 0 Å². The van der Waals surface area contributed by atoms with Gasteiger partial charge in [-0.25, -0.2) is 0 Å². The number of rotatable bonds is 0. The Morgan fingerprint density at radius 2 is 1.80 bits per heavy atom. The van der Waals surface area contributed by atoms with Gasteiger partial charge in [0.15, 0.2) is 0 Å². The molecule has 4 heteroatoms. The topological polar surface area (TPSA) is 0 Å². The molecule has 1 saturated heterocycles. The minimum atomic E-state index is 0.167. The summed E-state index contributed by atoms with van der Waals surface area (Å²) in [5.74, 6) is 0. The summed E-state index contributed by atoms with van der Waals surface area (Å²) in [5, 5.41) is 0. The van der Waals surface area contributed by atoms with E-state index < -0.39 is 0 Å². The molecule has 1 aliphatic rings. The summed E-state index contributed by atoms with van der Waals surface area (Å²) in [4.78, 5) is 2.59. The van der Waals surface area contributed by atoms with E-state index in [1.54, 1.807) is 0 Å². The van der Waals surface area contributed by atoms with Crippen LogP contribution in [0.1, 0.15) is 0 Å². The van der Waals surface area contributed by atoms with E-state index >= 15 is 0 Å². The van der Waals surface area contributed by atoms with Gasteiger partial charge in [0.05, 0.1) is 0 Å². The summed E-state index contributed by atoms with van der Waals surface area (Å²) in [6.45, 7) is 0. The van der Waals surface area contributed by atoms with Crippen LogP contribution in [0.2, 0.25) is 0 Å². The summed E-state index contributed by atoms with van der Waals surface area (Å²) in [5.41, 5.74) is 0. The first kappa shape index (κ1) is 6.05. The molecule has 0 nitrogen and oxygen atoms in total. The van der Waals surface area contributed by atoms with Crippen molar-refractivity contribution in [2.45, 2.75) is 0 Å². The van der Waals surface area contributed by atoms with Gasteiger partial charge < -0.3 is 0 Å². The van der Waals surface area contributed by atoms with Crippen LogP contribution in [0, 0.1) is 0 Å². The first-order chi connectivity index (χ1) is 2.39. The van der Waals surface area contributed by atoms with Crippen LogP contribution in [-0.2, 0) is 0 Å². The molecule has 0 aromatic carbocycles. The first-order valence-electron chi connectivity index (χ1n) is 0.949. The average Bonchev–Trinajstić information content (AvgIpc) is 1.30. The fourth-order valence-electron chi connectivity index (χ4n) is 0.0612. The Kier molecular flexibility index (Phi) is 3.69. The van der Waals surface area contributed by atoms with Crippen LogP contribution < -0.4 is 0 Å². The first-order valence-corrected chi connectivity index (χ1v) is 28.2. The third-order valence-corrected chi connectivity index (χ3v) is 198. The molecule has 0 amide bonds. The third kappa shape index (κ3) is 2.11. The summed E-state index contributed by atoms with van der Waals surface area (Å²) < 4.78 is 0. The molecular weight excluding hydrogens is 520 g/mol. The third-order valence-electron chi connectivity index (χ3n) is 0.190. The van der Waals surface area contributed by atoms with E-state index in [2.05, 4.69) is 4.93 Å². The van der Waals surface area contributed by atoms with Gasteiger partial charge in [-0.1, -0.05) is 0 Å². The predicted molar refractivity (Wildman–Crippen MR) is 62.0 cm³/mol. The van der Waals surface area contributed by atoms with Gasteiger partial charge in [0, 0.05) is 0 Å². The Morgan fingerprint density at radius 1 is 1.40 bits per heavy atom. The number of halogens is 4. The molecule has 3 radical (unpaired) electrons. The monoisotopic (exact) mass is 523 g/mol. The Morgan fingerprint density at radius 3 is 1.80 bits per heavy atom. The second-order valence-electron chi connectivity index (χ2n) is 0.502. The molecule has 1 rings (SSSR count). The molecule has 0 aliphatic carbocycles. The molecule has 0 bridgehead atoms. The van der Waals surface area contributed by atoms with Crippen molar-refractivity contribution in [2.24, 2.45) is 0 Å². The maximum atomic E-state index is 2.59. The molecule has 0 spiro atoms. The normalized spacial score (nSPS) is 29.4. The van der Waals surface area contributed by atoms with Gasteiger partial charge in [0.25, 0.3) is 0 Å². The summed E-state index contributed by atoms with van der Waals surface area (Å²) in [7, 11) is 0. The molecule has 0 unspecified atom stereocenters. The van der Waals surface area contributed by atoms with Crippen molar-refractivity contribution in [2.75, 3.05) is 4.93 Å². The van der Waals surface area contributed by atoms with Crippen molar-refractivity contribution in [1.82, 2.24) is 0 Å². The molecule has 0 saturated carbocycles. The second-order valence-corrected chi connectivity index (χ2v) is 78.1. The number of hydrogen-bond acceptors (Lipinski definition) is 0. The second kappa shape index (κ2) is 3.05. The van der Waals surface area contributed by atoms with E-state index in [-0.39, 0.29) is 11.9 Å². The van der Waals surface area contributed by atoms with E-state index in [0.29, 0.717) is 0 Å². The van der Waals surface area contributed by atoms with Gasteiger partial charge in [0.1, 0.15) is 0 Å².